The molecular formula is C15H20FNO2. The first kappa shape index (κ1) is 13.8. The third-order valence-electron chi connectivity index (χ3n) is 4.06. The Labute approximate surface area is 112 Å². The summed E-state index contributed by atoms with van der Waals surface area (Å²) in [6.45, 7) is 4.34. The van der Waals surface area contributed by atoms with Crippen LogP contribution >= 0.6 is 0 Å². The maximum Gasteiger partial charge on any atom is 0.340 e. The monoisotopic (exact) mass is 265 g/mol. The van der Waals surface area contributed by atoms with Gasteiger partial charge in [0.25, 0.3) is 0 Å². The van der Waals surface area contributed by atoms with Crippen LogP contribution in [0.5, 0.6) is 0 Å². The van der Waals surface area contributed by atoms with Gasteiger partial charge in [-0.2, -0.15) is 0 Å². The van der Waals surface area contributed by atoms with Gasteiger partial charge in [0.1, 0.15) is 11.4 Å². The number of carbonyl (C=O) groups is 1. The zero-order valence-corrected chi connectivity index (χ0v) is 11.4. The summed E-state index contributed by atoms with van der Waals surface area (Å²) in [7, 11) is 0. The molecule has 2 N–H and O–H groups in total. The lowest BCUT2D eigenvalue weighted by molar-refractivity contribution is 0.0692. The van der Waals surface area contributed by atoms with Crippen molar-refractivity contribution in [2.24, 2.45) is 5.41 Å². The van der Waals surface area contributed by atoms with Crippen LogP contribution < -0.4 is 5.32 Å². The summed E-state index contributed by atoms with van der Waals surface area (Å²) >= 11 is 0. The van der Waals surface area contributed by atoms with Crippen molar-refractivity contribution in [2.45, 2.75) is 45.6 Å². The fourth-order valence-electron chi connectivity index (χ4n) is 2.81. The summed E-state index contributed by atoms with van der Waals surface area (Å²) in [5.41, 5.74) is 0.219. The van der Waals surface area contributed by atoms with Gasteiger partial charge < -0.3 is 10.4 Å². The largest absolute Gasteiger partial charge is 0.478 e. The number of anilines is 1. The fraction of sp³-hybridized carbons (Fsp3) is 0.533. The molecule has 0 radical (unpaired) electrons. The van der Waals surface area contributed by atoms with Gasteiger partial charge in [-0.3, -0.25) is 0 Å². The van der Waals surface area contributed by atoms with E-state index in [4.69, 9.17) is 5.11 Å². The average molecular weight is 265 g/mol. The Kier molecular flexibility index (Phi) is 3.78. The molecule has 1 unspecified atom stereocenters. The van der Waals surface area contributed by atoms with Crippen LogP contribution in [0.2, 0.25) is 0 Å². The molecule has 0 amide bonds. The first-order valence-corrected chi connectivity index (χ1v) is 6.70. The molecule has 1 aliphatic carbocycles. The number of nitrogens with one attached hydrogen (secondary N) is 1. The lowest BCUT2D eigenvalue weighted by Crippen LogP contribution is -2.39. The standard InChI is InChI=1S/C15H20FNO2/c1-15(2)9-4-3-8-12(15)17-11-7-5-6-10(16)13(11)14(18)19/h5-7,12,17H,3-4,8-9H2,1-2H3,(H,18,19). The second-order valence-corrected chi connectivity index (χ2v) is 5.90. The molecule has 0 aromatic heterocycles. The molecule has 3 nitrogen and oxygen atoms in total. The van der Waals surface area contributed by atoms with E-state index in [0.29, 0.717) is 5.69 Å². The van der Waals surface area contributed by atoms with E-state index in [-0.39, 0.29) is 17.0 Å². The van der Waals surface area contributed by atoms with Crippen LogP contribution in [-0.2, 0) is 0 Å². The Hall–Kier alpha value is -1.58. The van der Waals surface area contributed by atoms with E-state index in [0.717, 1.165) is 19.3 Å². The van der Waals surface area contributed by atoms with Gasteiger partial charge in [-0.15, -0.1) is 0 Å². The van der Waals surface area contributed by atoms with Gasteiger partial charge in [0.05, 0.1) is 5.69 Å². The molecule has 19 heavy (non-hydrogen) atoms. The van der Waals surface area contributed by atoms with Crippen LogP contribution in [0.3, 0.4) is 0 Å². The highest BCUT2D eigenvalue weighted by Gasteiger charge is 2.33. The summed E-state index contributed by atoms with van der Waals surface area (Å²) in [4.78, 5) is 11.2. The second kappa shape index (κ2) is 5.19. The SMILES string of the molecule is CC1(C)CCCCC1Nc1cccc(F)c1C(=O)O. The zero-order valence-electron chi connectivity index (χ0n) is 11.4. The molecular weight excluding hydrogens is 245 g/mol. The van der Waals surface area contributed by atoms with Gasteiger partial charge in [-0.1, -0.05) is 32.8 Å². The topological polar surface area (TPSA) is 49.3 Å². The molecule has 0 spiro atoms. The van der Waals surface area contributed by atoms with Gasteiger partial charge in [0.15, 0.2) is 0 Å². The van der Waals surface area contributed by atoms with E-state index in [9.17, 15) is 9.18 Å². The molecule has 0 bridgehead atoms. The van der Waals surface area contributed by atoms with E-state index in [2.05, 4.69) is 19.2 Å². The van der Waals surface area contributed by atoms with Crippen molar-refractivity contribution < 1.29 is 14.3 Å². The number of rotatable bonds is 3. The lowest BCUT2D eigenvalue weighted by atomic mass is 9.73. The predicted octanol–water partition coefficient (Wildman–Crippen LogP) is 3.90. The molecule has 1 aromatic carbocycles. The Bertz CT molecular complexity index is 485. The van der Waals surface area contributed by atoms with Crippen LogP contribution in [0.1, 0.15) is 49.9 Å². The normalized spacial score (nSPS) is 21.9. The van der Waals surface area contributed by atoms with E-state index in [1.165, 1.54) is 12.5 Å². The van der Waals surface area contributed by atoms with Crippen molar-refractivity contribution in [3.05, 3.63) is 29.6 Å². The number of hydrogen-bond donors (Lipinski definition) is 2. The highest BCUT2D eigenvalue weighted by molar-refractivity contribution is 5.94. The van der Waals surface area contributed by atoms with Crippen molar-refractivity contribution in [3.63, 3.8) is 0 Å². The summed E-state index contributed by atoms with van der Waals surface area (Å²) in [6.07, 6.45) is 4.41. The van der Waals surface area contributed by atoms with Gasteiger partial charge in [0.2, 0.25) is 0 Å². The van der Waals surface area contributed by atoms with Gasteiger partial charge in [-0.05, 0) is 30.4 Å². The Morgan fingerprint density at radius 2 is 2.16 bits per heavy atom. The second-order valence-electron chi connectivity index (χ2n) is 5.90. The van der Waals surface area contributed by atoms with Crippen molar-refractivity contribution in [1.82, 2.24) is 0 Å². The number of halogens is 1. The smallest absolute Gasteiger partial charge is 0.340 e. The van der Waals surface area contributed by atoms with E-state index in [1.54, 1.807) is 12.1 Å². The maximum absolute atomic E-state index is 13.6. The van der Waals surface area contributed by atoms with E-state index < -0.39 is 11.8 Å². The lowest BCUT2D eigenvalue weighted by Gasteiger charge is -2.39. The summed E-state index contributed by atoms with van der Waals surface area (Å²) in [5, 5.41) is 12.4. The molecule has 1 aromatic rings. The molecule has 0 heterocycles. The van der Waals surface area contributed by atoms with Crippen molar-refractivity contribution in [2.75, 3.05) is 5.32 Å². The Balaban J connectivity index is 2.28. The zero-order chi connectivity index (χ0) is 14.0. The average Bonchev–Trinajstić information content (AvgIpc) is 2.31. The van der Waals surface area contributed by atoms with Gasteiger partial charge in [0, 0.05) is 6.04 Å². The first-order valence-electron chi connectivity index (χ1n) is 6.70. The third-order valence-corrected chi connectivity index (χ3v) is 4.06. The summed E-state index contributed by atoms with van der Waals surface area (Å²) in [5.74, 6) is -1.92. The van der Waals surface area contributed by atoms with Crippen molar-refractivity contribution in [1.29, 1.82) is 0 Å². The quantitative estimate of drug-likeness (QED) is 0.871. The van der Waals surface area contributed by atoms with Crippen LogP contribution in [0.15, 0.2) is 18.2 Å². The molecule has 1 saturated carbocycles. The van der Waals surface area contributed by atoms with Crippen molar-refractivity contribution in [3.8, 4) is 0 Å². The number of carboxylic acids is 1. The number of hydrogen-bond acceptors (Lipinski definition) is 2. The molecule has 0 aliphatic heterocycles. The van der Waals surface area contributed by atoms with Crippen LogP contribution in [0, 0.1) is 11.2 Å². The fourth-order valence-corrected chi connectivity index (χ4v) is 2.81. The van der Waals surface area contributed by atoms with Crippen LogP contribution in [0.25, 0.3) is 0 Å². The molecule has 1 atom stereocenters. The van der Waals surface area contributed by atoms with Gasteiger partial charge in [-0.25, -0.2) is 9.18 Å². The summed E-state index contributed by atoms with van der Waals surface area (Å²) < 4.78 is 13.6. The van der Waals surface area contributed by atoms with Crippen LogP contribution in [-0.4, -0.2) is 17.1 Å². The highest BCUT2D eigenvalue weighted by atomic mass is 19.1. The Morgan fingerprint density at radius 3 is 2.79 bits per heavy atom. The highest BCUT2D eigenvalue weighted by Crippen LogP contribution is 2.37. The van der Waals surface area contributed by atoms with Crippen molar-refractivity contribution >= 4 is 11.7 Å². The number of carboxylic acid groups (broad SMARTS) is 1. The molecule has 1 aliphatic rings. The Morgan fingerprint density at radius 1 is 1.42 bits per heavy atom. The van der Waals surface area contributed by atoms with Crippen LogP contribution in [0.4, 0.5) is 10.1 Å². The minimum atomic E-state index is -1.23. The predicted molar refractivity (Wildman–Crippen MR) is 73.0 cm³/mol. The van der Waals surface area contributed by atoms with E-state index in [1.807, 2.05) is 0 Å². The maximum atomic E-state index is 13.6. The molecule has 4 heteroatoms. The summed E-state index contributed by atoms with van der Waals surface area (Å²) in [6, 6.07) is 4.54. The number of aromatic carboxylic acids is 1. The van der Waals surface area contributed by atoms with Gasteiger partial charge >= 0.3 is 5.97 Å². The molecule has 0 saturated heterocycles. The number of benzene rings is 1. The first-order chi connectivity index (χ1) is 8.92. The minimum Gasteiger partial charge on any atom is -0.478 e. The van der Waals surface area contributed by atoms with E-state index >= 15 is 0 Å². The molecule has 104 valence electrons. The molecule has 1 fully saturated rings. The minimum absolute atomic E-state index is 0.0976. The molecule has 2 rings (SSSR count). The third kappa shape index (κ3) is 2.88.